The van der Waals surface area contributed by atoms with Gasteiger partial charge in [0.2, 0.25) is 5.91 Å². The van der Waals surface area contributed by atoms with Crippen molar-refractivity contribution < 1.29 is 18.8 Å². The summed E-state index contributed by atoms with van der Waals surface area (Å²) in [5, 5.41) is 0. The largest absolute Gasteiger partial charge is 0.459 e. The van der Waals surface area contributed by atoms with Gasteiger partial charge in [-0.2, -0.15) is 0 Å². The second-order valence-corrected chi connectivity index (χ2v) is 5.08. The van der Waals surface area contributed by atoms with E-state index in [-0.39, 0.29) is 11.7 Å². The highest BCUT2D eigenvalue weighted by Crippen LogP contribution is 2.22. The monoisotopic (exact) mass is 313 g/mol. The van der Waals surface area contributed by atoms with Crippen LogP contribution < -0.4 is 15.8 Å². The van der Waals surface area contributed by atoms with Gasteiger partial charge in [0.15, 0.2) is 5.76 Å². The fraction of sp³-hybridized carbons (Fsp3) is 0.188. The zero-order valence-electron chi connectivity index (χ0n) is 12.2. The number of nitrogens with zero attached hydrogens (tertiary/aromatic N) is 1. The molecule has 0 unspecified atom stereocenters. The van der Waals surface area contributed by atoms with Crippen LogP contribution in [0.2, 0.25) is 0 Å². The highest BCUT2D eigenvalue weighted by molar-refractivity contribution is 6.00. The van der Waals surface area contributed by atoms with Crippen LogP contribution in [0.1, 0.15) is 33.8 Å². The summed E-state index contributed by atoms with van der Waals surface area (Å²) in [6, 6.07) is 9.77. The lowest BCUT2D eigenvalue weighted by molar-refractivity contribution is -0.117. The molecule has 2 heterocycles. The van der Waals surface area contributed by atoms with Crippen LogP contribution >= 0.6 is 0 Å². The van der Waals surface area contributed by atoms with Crippen LogP contribution in [-0.4, -0.2) is 24.3 Å². The summed E-state index contributed by atoms with van der Waals surface area (Å²) in [5.41, 5.74) is 5.61. The van der Waals surface area contributed by atoms with Crippen LogP contribution in [0.15, 0.2) is 47.1 Å². The maximum Gasteiger partial charge on any atom is 0.305 e. The Balaban J connectivity index is 1.65. The molecule has 118 valence electrons. The molecule has 1 saturated heterocycles. The molecule has 3 amide bonds. The van der Waals surface area contributed by atoms with Crippen LogP contribution in [0.25, 0.3) is 0 Å². The van der Waals surface area contributed by atoms with Crippen molar-refractivity contribution in [2.45, 2.75) is 12.8 Å². The Morgan fingerprint density at radius 1 is 1.09 bits per heavy atom. The van der Waals surface area contributed by atoms with Crippen molar-refractivity contribution in [3.8, 4) is 0 Å². The predicted molar refractivity (Wildman–Crippen MR) is 81.7 cm³/mol. The molecule has 1 aliphatic heterocycles. The minimum atomic E-state index is -0.547. The van der Waals surface area contributed by atoms with Gasteiger partial charge in [-0.25, -0.2) is 0 Å². The lowest BCUT2D eigenvalue weighted by atomic mass is 10.2. The molecule has 1 fully saturated rings. The lowest BCUT2D eigenvalue weighted by Crippen LogP contribution is -2.41. The summed E-state index contributed by atoms with van der Waals surface area (Å²) < 4.78 is 4.92. The number of nitrogens with one attached hydrogen (secondary N) is 2. The third kappa shape index (κ3) is 3.23. The summed E-state index contributed by atoms with van der Waals surface area (Å²) in [6.45, 7) is 0.652. The van der Waals surface area contributed by atoms with Crippen molar-refractivity contribution >= 4 is 23.4 Å². The molecule has 7 nitrogen and oxygen atoms in total. The summed E-state index contributed by atoms with van der Waals surface area (Å²) >= 11 is 0. The van der Waals surface area contributed by atoms with Gasteiger partial charge in [0.25, 0.3) is 5.91 Å². The van der Waals surface area contributed by atoms with E-state index in [9.17, 15) is 14.4 Å². The molecular formula is C16H15N3O4. The number of hydrogen-bond acceptors (Lipinski definition) is 4. The number of rotatable bonds is 3. The van der Waals surface area contributed by atoms with Crippen molar-refractivity contribution in [2.75, 3.05) is 11.4 Å². The number of carbonyl (C=O) groups is 3. The first-order chi connectivity index (χ1) is 11.1. The van der Waals surface area contributed by atoms with E-state index in [1.54, 1.807) is 35.2 Å². The molecule has 3 rings (SSSR count). The number of anilines is 1. The van der Waals surface area contributed by atoms with Crippen molar-refractivity contribution in [3.63, 3.8) is 0 Å². The smallest absolute Gasteiger partial charge is 0.305 e. The van der Waals surface area contributed by atoms with Crippen LogP contribution in [0.4, 0.5) is 5.69 Å². The maximum atomic E-state index is 12.1. The lowest BCUT2D eigenvalue weighted by Gasteiger charge is -2.16. The van der Waals surface area contributed by atoms with E-state index < -0.39 is 11.8 Å². The average molecular weight is 313 g/mol. The van der Waals surface area contributed by atoms with E-state index >= 15 is 0 Å². The van der Waals surface area contributed by atoms with Crippen molar-refractivity contribution in [3.05, 3.63) is 54.0 Å². The molecule has 1 aromatic heterocycles. The molecule has 0 bridgehead atoms. The SMILES string of the molecule is O=C(NNC(=O)c1ccco1)c1cccc(N2CCCC2=O)c1. The Morgan fingerprint density at radius 2 is 1.91 bits per heavy atom. The number of furan rings is 1. The van der Waals surface area contributed by atoms with E-state index in [2.05, 4.69) is 10.9 Å². The minimum Gasteiger partial charge on any atom is -0.459 e. The number of benzene rings is 1. The van der Waals surface area contributed by atoms with E-state index in [0.717, 1.165) is 6.42 Å². The third-order valence-electron chi connectivity index (χ3n) is 3.53. The first kappa shape index (κ1) is 14.8. The van der Waals surface area contributed by atoms with Crippen molar-refractivity contribution in [2.24, 2.45) is 0 Å². The van der Waals surface area contributed by atoms with Gasteiger partial charge in [-0.05, 0) is 36.8 Å². The highest BCUT2D eigenvalue weighted by atomic mass is 16.3. The Bertz CT molecular complexity index is 740. The maximum absolute atomic E-state index is 12.1. The van der Waals surface area contributed by atoms with Gasteiger partial charge < -0.3 is 9.32 Å². The molecule has 2 N–H and O–H groups in total. The van der Waals surface area contributed by atoms with Gasteiger partial charge >= 0.3 is 5.91 Å². The van der Waals surface area contributed by atoms with Gasteiger partial charge in [-0.1, -0.05) is 6.07 Å². The average Bonchev–Trinajstić information content (AvgIpc) is 3.24. The second kappa shape index (κ2) is 6.35. The number of carbonyl (C=O) groups excluding carboxylic acids is 3. The number of hydrazine groups is 1. The molecule has 23 heavy (non-hydrogen) atoms. The summed E-state index contributed by atoms with van der Waals surface area (Å²) in [7, 11) is 0. The van der Waals surface area contributed by atoms with Crippen LogP contribution in [0, 0.1) is 0 Å². The van der Waals surface area contributed by atoms with Gasteiger partial charge in [-0.3, -0.25) is 25.2 Å². The van der Waals surface area contributed by atoms with Gasteiger partial charge in [-0.15, -0.1) is 0 Å². The van der Waals surface area contributed by atoms with Gasteiger partial charge in [0, 0.05) is 24.2 Å². The highest BCUT2D eigenvalue weighted by Gasteiger charge is 2.22. The Morgan fingerprint density at radius 3 is 2.61 bits per heavy atom. The standard InChI is InChI=1S/C16H15N3O4/c20-14-7-2-8-19(14)12-5-1-4-11(10-12)15(21)17-18-16(22)13-6-3-9-23-13/h1,3-6,9-10H,2,7-8H2,(H,17,21)(H,18,22). The quantitative estimate of drug-likeness (QED) is 0.840. The Labute approximate surface area is 132 Å². The second-order valence-electron chi connectivity index (χ2n) is 5.08. The van der Waals surface area contributed by atoms with E-state index in [1.807, 2.05) is 0 Å². The fourth-order valence-corrected chi connectivity index (χ4v) is 2.39. The van der Waals surface area contributed by atoms with Crippen LogP contribution in [-0.2, 0) is 4.79 Å². The zero-order chi connectivity index (χ0) is 16.2. The minimum absolute atomic E-state index is 0.0497. The van der Waals surface area contributed by atoms with Crippen LogP contribution in [0.3, 0.4) is 0 Å². The predicted octanol–water partition coefficient (Wildman–Crippen LogP) is 1.48. The third-order valence-corrected chi connectivity index (χ3v) is 3.53. The van der Waals surface area contributed by atoms with Gasteiger partial charge in [0.05, 0.1) is 6.26 Å². The summed E-state index contributed by atoms with van der Waals surface area (Å²) in [6.07, 6.45) is 2.71. The van der Waals surface area contributed by atoms with Gasteiger partial charge in [0.1, 0.15) is 0 Å². The topological polar surface area (TPSA) is 91.7 Å². The molecule has 7 heteroatoms. The molecule has 0 aliphatic carbocycles. The number of amides is 3. The molecule has 1 aliphatic rings. The Kier molecular flexibility index (Phi) is 4.09. The molecule has 0 radical (unpaired) electrons. The Hall–Kier alpha value is -3.09. The summed E-state index contributed by atoms with van der Waals surface area (Å²) in [5.74, 6) is -0.872. The fourth-order valence-electron chi connectivity index (χ4n) is 2.39. The van der Waals surface area contributed by atoms with E-state index in [4.69, 9.17) is 4.42 Å². The van der Waals surface area contributed by atoms with Crippen molar-refractivity contribution in [1.82, 2.24) is 10.9 Å². The summed E-state index contributed by atoms with van der Waals surface area (Å²) in [4.78, 5) is 37.2. The molecule has 0 saturated carbocycles. The first-order valence-electron chi connectivity index (χ1n) is 7.20. The first-order valence-corrected chi connectivity index (χ1v) is 7.20. The van der Waals surface area contributed by atoms with E-state index in [1.165, 1.54) is 12.3 Å². The van der Waals surface area contributed by atoms with Crippen molar-refractivity contribution in [1.29, 1.82) is 0 Å². The number of hydrogen-bond donors (Lipinski definition) is 2. The molecular weight excluding hydrogens is 298 g/mol. The molecule has 1 aromatic carbocycles. The van der Waals surface area contributed by atoms with E-state index in [0.29, 0.717) is 24.2 Å². The molecule has 0 spiro atoms. The van der Waals surface area contributed by atoms with Crippen LogP contribution in [0.5, 0.6) is 0 Å². The normalized spacial score (nSPS) is 13.9. The zero-order valence-corrected chi connectivity index (χ0v) is 12.2. The molecule has 0 atom stereocenters. The molecule has 2 aromatic rings.